The maximum atomic E-state index is 11.2. The van der Waals surface area contributed by atoms with Crippen LogP contribution in [-0.4, -0.2) is 15.7 Å². The number of nitrogens with two attached hydrogens (primary N) is 2. The number of carbonyl (C=O) groups is 1. The molecule has 0 atom stereocenters. The summed E-state index contributed by atoms with van der Waals surface area (Å²) >= 11 is 0. The molecule has 0 spiro atoms. The highest BCUT2D eigenvalue weighted by Gasteiger charge is 2.48. The first kappa shape index (κ1) is 12.2. The van der Waals surface area contributed by atoms with Gasteiger partial charge in [-0.15, -0.1) is 0 Å². The van der Waals surface area contributed by atoms with Gasteiger partial charge in [0.05, 0.1) is 0 Å². The second kappa shape index (κ2) is 4.24. The standard InChI is InChI=1S/C15H22N4O/c16-14-6-13(15(17)20)18-19(14)7-12-10-2-8-1-9(4-10)5-11(12)3-8/h6,8-12H,1-5,7,16H2,(H2,17,20). The van der Waals surface area contributed by atoms with Crippen LogP contribution in [0.2, 0.25) is 0 Å². The predicted molar refractivity (Wildman–Crippen MR) is 75.7 cm³/mol. The number of hydrogen-bond acceptors (Lipinski definition) is 3. The van der Waals surface area contributed by atoms with Gasteiger partial charge in [-0.1, -0.05) is 0 Å². The monoisotopic (exact) mass is 274 g/mol. The zero-order valence-corrected chi connectivity index (χ0v) is 11.7. The van der Waals surface area contributed by atoms with Gasteiger partial charge in [-0.25, -0.2) is 4.68 Å². The van der Waals surface area contributed by atoms with Gasteiger partial charge in [0.25, 0.3) is 5.91 Å². The van der Waals surface area contributed by atoms with E-state index in [4.69, 9.17) is 11.5 Å². The van der Waals surface area contributed by atoms with Crippen LogP contribution in [0.5, 0.6) is 0 Å². The summed E-state index contributed by atoms with van der Waals surface area (Å²) < 4.78 is 1.80. The summed E-state index contributed by atoms with van der Waals surface area (Å²) in [5, 5.41) is 4.28. The molecule has 4 N–H and O–H groups in total. The molecule has 5 heteroatoms. The molecular weight excluding hydrogens is 252 g/mol. The van der Waals surface area contributed by atoms with Crippen molar-refractivity contribution in [3.8, 4) is 0 Å². The summed E-state index contributed by atoms with van der Waals surface area (Å²) in [6, 6.07) is 1.60. The van der Waals surface area contributed by atoms with Crippen molar-refractivity contribution < 1.29 is 4.79 Å². The highest BCUT2D eigenvalue weighted by atomic mass is 16.1. The molecule has 1 heterocycles. The second-order valence-electron chi connectivity index (χ2n) is 7.10. The van der Waals surface area contributed by atoms with E-state index in [9.17, 15) is 4.79 Å². The van der Waals surface area contributed by atoms with Gasteiger partial charge in [-0.05, 0) is 61.7 Å². The lowest BCUT2D eigenvalue weighted by Crippen LogP contribution is -2.46. The zero-order valence-electron chi connectivity index (χ0n) is 11.7. The maximum absolute atomic E-state index is 11.2. The molecule has 5 nitrogen and oxygen atoms in total. The molecule has 4 aliphatic rings. The quantitative estimate of drug-likeness (QED) is 0.878. The number of aromatic nitrogens is 2. The summed E-state index contributed by atoms with van der Waals surface area (Å²) in [6.45, 7) is 0.855. The van der Waals surface area contributed by atoms with Gasteiger partial charge in [0.15, 0.2) is 5.69 Å². The maximum Gasteiger partial charge on any atom is 0.269 e. The fourth-order valence-corrected chi connectivity index (χ4v) is 5.23. The fraction of sp³-hybridized carbons (Fsp3) is 0.733. The molecule has 0 saturated heterocycles. The minimum absolute atomic E-state index is 0.284. The molecule has 0 aromatic carbocycles. The molecule has 5 rings (SSSR count). The smallest absolute Gasteiger partial charge is 0.269 e. The van der Waals surface area contributed by atoms with Gasteiger partial charge in [0.2, 0.25) is 0 Å². The Morgan fingerprint density at radius 2 is 1.80 bits per heavy atom. The van der Waals surface area contributed by atoms with Crippen LogP contribution in [0.4, 0.5) is 5.82 Å². The Hall–Kier alpha value is -1.52. The van der Waals surface area contributed by atoms with Crippen LogP contribution >= 0.6 is 0 Å². The third-order valence-corrected chi connectivity index (χ3v) is 5.87. The van der Waals surface area contributed by atoms with Crippen molar-refractivity contribution in [1.82, 2.24) is 9.78 Å². The van der Waals surface area contributed by atoms with E-state index in [2.05, 4.69) is 5.10 Å². The molecule has 4 aliphatic carbocycles. The Labute approximate surface area is 118 Å². The summed E-state index contributed by atoms with van der Waals surface area (Å²) in [4.78, 5) is 11.2. The summed E-state index contributed by atoms with van der Waals surface area (Å²) in [5.74, 6) is 4.38. The fourth-order valence-electron chi connectivity index (χ4n) is 5.23. The molecule has 1 amide bonds. The number of hydrogen-bond donors (Lipinski definition) is 2. The van der Waals surface area contributed by atoms with Crippen LogP contribution in [0.3, 0.4) is 0 Å². The lowest BCUT2D eigenvalue weighted by Gasteiger charge is -2.54. The van der Waals surface area contributed by atoms with E-state index >= 15 is 0 Å². The second-order valence-corrected chi connectivity index (χ2v) is 7.10. The molecule has 4 fully saturated rings. The molecule has 0 unspecified atom stereocenters. The number of nitrogen functional groups attached to an aromatic ring is 1. The number of nitrogens with zero attached hydrogens (tertiary/aromatic N) is 2. The van der Waals surface area contributed by atoms with Crippen molar-refractivity contribution in [2.45, 2.75) is 38.6 Å². The van der Waals surface area contributed by atoms with Crippen molar-refractivity contribution in [2.75, 3.05) is 5.73 Å². The minimum atomic E-state index is -0.500. The number of amides is 1. The van der Waals surface area contributed by atoms with Gasteiger partial charge in [-0.3, -0.25) is 4.79 Å². The van der Waals surface area contributed by atoms with E-state index in [1.807, 2.05) is 0 Å². The summed E-state index contributed by atoms with van der Waals surface area (Å²) in [6.07, 6.45) is 7.03. The minimum Gasteiger partial charge on any atom is -0.384 e. The molecular formula is C15H22N4O. The van der Waals surface area contributed by atoms with Gasteiger partial charge >= 0.3 is 0 Å². The Morgan fingerprint density at radius 3 is 2.30 bits per heavy atom. The Balaban J connectivity index is 1.56. The highest BCUT2D eigenvalue weighted by Crippen LogP contribution is 2.56. The largest absolute Gasteiger partial charge is 0.384 e. The van der Waals surface area contributed by atoms with Gasteiger partial charge in [0.1, 0.15) is 5.82 Å². The van der Waals surface area contributed by atoms with E-state index < -0.39 is 5.91 Å². The lowest BCUT2D eigenvalue weighted by atomic mass is 9.52. The average Bonchev–Trinajstić information content (AvgIpc) is 2.74. The van der Waals surface area contributed by atoms with Crippen molar-refractivity contribution >= 4 is 11.7 Å². The van der Waals surface area contributed by atoms with Crippen LogP contribution in [-0.2, 0) is 6.54 Å². The summed E-state index contributed by atoms with van der Waals surface area (Å²) in [5.41, 5.74) is 11.5. The van der Waals surface area contributed by atoms with Crippen molar-refractivity contribution in [2.24, 2.45) is 35.3 Å². The predicted octanol–water partition coefficient (Wildman–Crippen LogP) is 1.64. The zero-order chi connectivity index (χ0) is 13.9. The third kappa shape index (κ3) is 1.83. The third-order valence-electron chi connectivity index (χ3n) is 5.87. The summed E-state index contributed by atoms with van der Waals surface area (Å²) in [7, 11) is 0. The number of primary amides is 1. The van der Waals surface area contributed by atoms with Crippen molar-refractivity contribution in [1.29, 1.82) is 0 Å². The van der Waals surface area contributed by atoms with Crippen LogP contribution in [0, 0.1) is 29.6 Å². The van der Waals surface area contributed by atoms with E-state index in [1.54, 1.807) is 10.7 Å². The van der Waals surface area contributed by atoms with Crippen molar-refractivity contribution in [3.05, 3.63) is 11.8 Å². The van der Waals surface area contributed by atoms with Crippen LogP contribution in [0.25, 0.3) is 0 Å². The van der Waals surface area contributed by atoms with E-state index in [0.717, 1.165) is 30.2 Å². The molecule has 0 aliphatic heterocycles. The molecule has 4 saturated carbocycles. The molecule has 108 valence electrons. The molecule has 1 aromatic rings. The normalized spacial score (nSPS) is 38.3. The van der Waals surface area contributed by atoms with Crippen LogP contribution in [0.1, 0.15) is 42.6 Å². The molecule has 1 aromatic heterocycles. The first-order chi connectivity index (χ1) is 9.60. The first-order valence-corrected chi connectivity index (χ1v) is 7.73. The Morgan fingerprint density at radius 1 is 1.20 bits per heavy atom. The highest BCUT2D eigenvalue weighted by molar-refractivity contribution is 5.91. The van der Waals surface area contributed by atoms with E-state index in [0.29, 0.717) is 11.7 Å². The van der Waals surface area contributed by atoms with Gasteiger partial charge < -0.3 is 11.5 Å². The first-order valence-electron chi connectivity index (χ1n) is 7.73. The average molecular weight is 274 g/mol. The van der Waals surface area contributed by atoms with E-state index in [-0.39, 0.29) is 5.69 Å². The molecule has 20 heavy (non-hydrogen) atoms. The van der Waals surface area contributed by atoms with Crippen molar-refractivity contribution in [3.63, 3.8) is 0 Å². The molecule has 4 bridgehead atoms. The van der Waals surface area contributed by atoms with Crippen LogP contribution in [0.15, 0.2) is 6.07 Å². The number of anilines is 1. The number of carbonyl (C=O) groups excluding carboxylic acids is 1. The Bertz CT molecular complexity index is 522. The number of rotatable bonds is 3. The lowest BCUT2D eigenvalue weighted by molar-refractivity contribution is -0.0440. The molecule has 0 radical (unpaired) electrons. The Kier molecular flexibility index (Phi) is 2.59. The van der Waals surface area contributed by atoms with E-state index in [1.165, 1.54) is 32.1 Å². The SMILES string of the molecule is NC(=O)c1cc(N)n(CC2C3CC4CC(C3)CC2C4)n1. The topological polar surface area (TPSA) is 86.9 Å². The van der Waals surface area contributed by atoms with Gasteiger partial charge in [-0.2, -0.15) is 5.10 Å². The van der Waals surface area contributed by atoms with Gasteiger partial charge in [0, 0.05) is 12.6 Å². The van der Waals surface area contributed by atoms with Crippen LogP contribution < -0.4 is 11.5 Å².